The molecule has 0 aliphatic heterocycles. The lowest BCUT2D eigenvalue weighted by Crippen LogP contribution is -2.07. The van der Waals surface area contributed by atoms with Crippen LogP contribution in [0, 0.1) is 9.49 Å². The molecule has 0 saturated carbocycles. The summed E-state index contributed by atoms with van der Waals surface area (Å²) in [7, 11) is 0. The van der Waals surface area contributed by atoms with Crippen molar-refractivity contribution < 1.29 is 5.11 Å². The minimum atomic E-state index is -0.425. The molecule has 0 radical (unpaired) electrons. The Hall–Kier alpha value is 0.200. The standard InChI is InChI=1S/C10H12ClIO/c1-6(2)10(13)8-5-7(11)3-4-9(8)12/h3-6,10,13H,1-2H3. The lowest BCUT2D eigenvalue weighted by atomic mass is 9.99. The van der Waals surface area contributed by atoms with Gasteiger partial charge in [-0.25, -0.2) is 0 Å². The molecule has 0 spiro atoms. The first-order valence-electron chi connectivity index (χ1n) is 4.15. The first-order valence-corrected chi connectivity index (χ1v) is 5.61. The van der Waals surface area contributed by atoms with Crippen LogP contribution in [0.15, 0.2) is 18.2 Å². The van der Waals surface area contributed by atoms with E-state index in [0.717, 1.165) is 9.13 Å². The predicted octanol–water partition coefficient (Wildman–Crippen LogP) is 3.63. The minimum Gasteiger partial charge on any atom is -0.388 e. The molecule has 0 amide bonds. The summed E-state index contributed by atoms with van der Waals surface area (Å²) < 4.78 is 1.06. The summed E-state index contributed by atoms with van der Waals surface area (Å²) in [6, 6.07) is 5.58. The van der Waals surface area contributed by atoms with Gasteiger partial charge in [-0.15, -0.1) is 0 Å². The third-order valence-corrected chi connectivity index (χ3v) is 3.13. The molecule has 1 aromatic rings. The highest BCUT2D eigenvalue weighted by Crippen LogP contribution is 2.28. The van der Waals surface area contributed by atoms with Crippen LogP contribution in [0.5, 0.6) is 0 Å². The number of benzene rings is 1. The maximum absolute atomic E-state index is 9.84. The van der Waals surface area contributed by atoms with E-state index in [0.29, 0.717) is 5.02 Å². The molecule has 1 unspecified atom stereocenters. The van der Waals surface area contributed by atoms with E-state index in [-0.39, 0.29) is 5.92 Å². The maximum atomic E-state index is 9.84. The van der Waals surface area contributed by atoms with Crippen LogP contribution in [-0.4, -0.2) is 5.11 Å². The summed E-state index contributed by atoms with van der Waals surface area (Å²) in [5, 5.41) is 10.5. The Labute approximate surface area is 97.3 Å². The molecule has 0 aliphatic rings. The van der Waals surface area contributed by atoms with E-state index in [1.807, 2.05) is 32.0 Å². The molecule has 0 bridgehead atoms. The van der Waals surface area contributed by atoms with Crippen molar-refractivity contribution in [2.24, 2.45) is 5.92 Å². The average molecular weight is 311 g/mol. The van der Waals surface area contributed by atoms with Crippen molar-refractivity contribution in [2.75, 3.05) is 0 Å². The summed E-state index contributed by atoms with van der Waals surface area (Å²) in [6.45, 7) is 3.98. The van der Waals surface area contributed by atoms with Gasteiger partial charge in [-0.2, -0.15) is 0 Å². The van der Waals surface area contributed by atoms with Gasteiger partial charge < -0.3 is 5.11 Å². The minimum absolute atomic E-state index is 0.215. The van der Waals surface area contributed by atoms with Crippen molar-refractivity contribution in [1.82, 2.24) is 0 Å². The molecule has 0 aromatic heterocycles. The Morgan fingerprint density at radius 3 is 2.54 bits per heavy atom. The van der Waals surface area contributed by atoms with Gasteiger partial charge in [0.2, 0.25) is 0 Å². The van der Waals surface area contributed by atoms with Crippen molar-refractivity contribution in [1.29, 1.82) is 0 Å². The normalized spacial score (nSPS) is 13.4. The predicted molar refractivity (Wildman–Crippen MR) is 64.0 cm³/mol. The van der Waals surface area contributed by atoms with E-state index in [1.54, 1.807) is 0 Å². The smallest absolute Gasteiger partial charge is 0.0823 e. The van der Waals surface area contributed by atoms with E-state index in [2.05, 4.69) is 22.6 Å². The molecule has 1 N–H and O–H groups in total. The van der Waals surface area contributed by atoms with Gasteiger partial charge in [0.25, 0.3) is 0 Å². The fourth-order valence-electron chi connectivity index (χ4n) is 1.10. The number of hydrogen-bond acceptors (Lipinski definition) is 1. The second-order valence-electron chi connectivity index (χ2n) is 3.35. The fourth-order valence-corrected chi connectivity index (χ4v) is 1.94. The highest BCUT2D eigenvalue weighted by Gasteiger charge is 2.14. The molecule has 1 nitrogen and oxygen atoms in total. The number of aliphatic hydroxyl groups excluding tert-OH is 1. The van der Waals surface area contributed by atoms with Gasteiger partial charge >= 0.3 is 0 Å². The van der Waals surface area contributed by atoms with Gasteiger partial charge in [0.05, 0.1) is 6.10 Å². The molecule has 0 heterocycles. The van der Waals surface area contributed by atoms with E-state index in [1.165, 1.54) is 0 Å². The Kier molecular flexibility index (Phi) is 4.01. The molecule has 13 heavy (non-hydrogen) atoms. The zero-order valence-corrected chi connectivity index (χ0v) is 10.5. The monoisotopic (exact) mass is 310 g/mol. The van der Waals surface area contributed by atoms with E-state index < -0.39 is 6.10 Å². The Morgan fingerprint density at radius 1 is 1.38 bits per heavy atom. The van der Waals surface area contributed by atoms with Gasteiger partial charge in [-0.05, 0) is 52.3 Å². The average Bonchev–Trinajstić information content (AvgIpc) is 2.08. The van der Waals surface area contributed by atoms with Crippen molar-refractivity contribution in [2.45, 2.75) is 20.0 Å². The zero-order chi connectivity index (χ0) is 10.0. The summed E-state index contributed by atoms with van der Waals surface area (Å²) in [4.78, 5) is 0. The largest absolute Gasteiger partial charge is 0.388 e. The second-order valence-corrected chi connectivity index (χ2v) is 4.95. The van der Waals surface area contributed by atoms with Gasteiger partial charge in [-0.3, -0.25) is 0 Å². The first kappa shape index (κ1) is 11.3. The summed E-state index contributed by atoms with van der Waals surface area (Å²) in [5.74, 6) is 0.215. The molecule has 3 heteroatoms. The summed E-state index contributed by atoms with van der Waals surface area (Å²) >= 11 is 8.06. The molecule has 0 fully saturated rings. The quantitative estimate of drug-likeness (QED) is 0.827. The van der Waals surface area contributed by atoms with Crippen molar-refractivity contribution in [3.05, 3.63) is 32.4 Å². The van der Waals surface area contributed by atoms with Crippen LogP contribution in [0.4, 0.5) is 0 Å². The van der Waals surface area contributed by atoms with E-state index >= 15 is 0 Å². The Morgan fingerprint density at radius 2 is 2.00 bits per heavy atom. The Bertz CT molecular complexity index is 299. The van der Waals surface area contributed by atoms with Gasteiger partial charge in [-0.1, -0.05) is 25.4 Å². The topological polar surface area (TPSA) is 20.2 Å². The SMILES string of the molecule is CC(C)C(O)c1cc(Cl)ccc1I. The van der Waals surface area contributed by atoms with Crippen molar-refractivity contribution in [3.63, 3.8) is 0 Å². The van der Waals surface area contributed by atoms with Crippen LogP contribution in [0.3, 0.4) is 0 Å². The van der Waals surface area contributed by atoms with Gasteiger partial charge in [0.1, 0.15) is 0 Å². The fraction of sp³-hybridized carbons (Fsp3) is 0.400. The maximum Gasteiger partial charge on any atom is 0.0823 e. The number of halogens is 2. The zero-order valence-electron chi connectivity index (χ0n) is 7.59. The summed E-state index contributed by atoms with van der Waals surface area (Å²) in [5.41, 5.74) is 0.920. The third-order valence-electron chi connectivity index (χ3n) is 1.91. The van der Waals surface area contributed by atoms with E-state index in [9.17, 15) is 5.11 Å². The summed E-state index contributed by atoms with van der Waals surface area (Å²) in [6.07, 6.45) is -0.425. The lowest BCUT2D eigenvalue weighted by Gasteiger charge is -2.16. The van der Waals surface area contributed by atoms with Crippen LogP contribution >= 0.6 is 34.2 Å². The van der Waals surface area contributed by atoms with Crippen molar-refractivity contribution in [3.8, 4) is 0 Å². The van der Waals surface area contributed by atoms with Crippen LogP contribution in [0.2, 0.25) is 5.02 Å². The van der Waals surface area contributed by atoms with Gasteiger partial charge in [0.15, 0.2) is 0 Å². The third kappa shape index (κ3) is 2.82. The molecule has 1 atom stereocenters. The number of rotatable bonds is 2. The molecule has 72 valence electrons. The van der Waals surface area contributed by atoms with Crippen LogP contribution in [0.25, 0.3) is 0 Å². The number of hydrogen-bond donors (Lipinski definition) is 1. The van der Waals surface area contributed by atoms with Gasteiger partial charge in [0, 0.05) is 8.59 Å². The first-order chi connectivity index (χ1) is 6.02. The van der Waals surface area contributed by atoms with Crippen LogP contribution in [0.1, 0.15) is 25.5 Å². The Balaban J connectivity index is 3.05. The highest BCUT2D eigenvalue weighted by atomic mass is 127. The molecule has 0 aliphatic carbocycles. The number of aliphatic hydroxyl groups is 1. The molecular weight excluding hydrogens is 298 g/mol. The van der Waals surface area contributed by atoms with E-state index in [4.69, 9.17) is 11.6 Å². The second kappa shape index (κ2) is 4.62. The molecular formula is C10H12ClIO. The highest BCUT2D eigenvalue weighted by molar-refractivity contribution is 14.1. The molecule has 0 saturated heterocycles. The van der Waals surface area contributed by atoms with Crippen LogP contribution in [-0.2, 0) is 0 Å². The lowest BCUT2D eigenvalue weighted by molar-refractivity contribution is 0.126. The molecule has 1 rings (SSSR count). The van der Waals surface area contributed by atoms with Crippen LogP contribution < -0.4 is 0 Å². The van der Waals surface area contributed by atoms with Crippen molar-refractivity contribution >= 4 is 34.2 Å². The molecule has 1 aromatic carbocycles.